The number of nitrogens with zero attached hydrogens (tertiary/aromatic N) is 1. The molecule has 0 amide bonds. The minimum absolute atomic E-state index is 0.396. The van der Waals surface area contributed by atoms with Crippen LogP contribution in [0.3, 0.4) is 0 Å². The summed E-state index contributed by atoms with van der Waals surface area (Å²) in [4.78, 5) is 3.64. The molecule has 3 heteroatoms. The van der Waals surface area contributed by atoms with Gasteiger partial charge in [-0.3, -0.25) is 0 Å². The van der Waals surface area contributed by atoms with Gasteiger partial charge in [0.05, 0.1) is 0 Å². The van der Waals surface area contributed by atoms with Crippen molar-refractivity contribution in [3.05, 3.63) is 27.7 Å². The maximum Gasteiger partial charge on any atom is 0.217 e. The molecule has 0 unspecified atom stereocenters. The molecule has 0 bridgehead atoms. The Morgan fingerprint density at radius 2 is 2.10 bits per heavy atom. The molecule has 1 heterocycles. The Hall–Kier alpha value is -0.440. The largest absolute Gasteiger partial charge is 0.225 e. The summed E-state index contributed by atoms with van der Waals surface area (Å²) in [7, 11) is 0. The van der Waals surface area contributed by atoms with E-state index in [0.29, 0.717) is 11.3 Å². The number of halogens is 2. The third-order valence-electron chi connectivity index (χ3n) is 1.28. The van der Waals surface area contributed by atoms with E-state index in [4.69, 9.17) is 0 Å². The summed E-state index contributed by atoms with van der Waals surface area (Å²) in [6.07, 6.45) is 0. The van der Waals surface area contributed by atoms with Crippen molar-refractivity contribution in [1.82, 2.24) is 4.98 Å². The van der Waals surface area contributed by atoms with E-state index in [1.54, 1.807) is 19.9 Å². The van der Waals surface area contributed by atoms with Crippen LogP contribution in [0.5, 0.6) is 0 Å². The van der Waals surface area contributed by atoms with Gasteiger partial charge in [-0.1, -0.05) is 15.9 Å². The van der Waals surface area contributed by atoms with Gasteiger partial charge in [0.25, 0.3) is 0 Å². The van der Waals surface area contributed by atoms with Gasteiger partial charge in [-0.2, -0.15) is 4.39 Å². The lowest BCUT2D eigenvalue weighted by Crippen LogP contribution is -1.91. The monoisotopic (exact) mass is 203 g/mol. The van der Waals surface area contributed by atoms with Crippen LogP contribution in [0.15, 0.2) is 10.5 Å². The fraction of sp³-hybridized carbons (Fsp3) is 0.286. The molecule has 0 atom stereocenters. The first-order valence-electron chi connectivity index (χ1n) is 2.90. The highest BCUT2D eigenvalue weighted by molar-refractivity contribution is 9.10. The molecule has 0 aromatic carbocycles. The SMILES string of the molecule is Cc1cc(Br)c(C)c(F)n1. The highest BCUT2D eigenvalue weighted by Crippen LogP contribution is 2.17. The predicted octanol–water partition coefficient (Wildman–Crippen LogP) is 2.60. The van der Waals surface area contributed by atoms with Crippen molar-refractivity contribution in [3.8, 4) is 0 Å². The van der Waals surface area contributed by atoms with Crippen LogP contribution >= 0.6 is 15.9 Å². The fourth-order valence-corrected chi connectivity index (χ4v) is 1.16. The number of rotatable bonds is 0. The molecule has 1 aromatic rings. The third-order valence-corrected chi connectivity index (χ3v) is 2.10. The Morgan fingerprint density at radius 3 is 2.60 bits per heavy atom. The lowest BCUT2D eigenvalue weighted by atomic mass is 10.3. The molecule has 0 saturated heterocycles. The molecule has 1 aromatic heterocycles. The van der Waals surface area contributed by atoms with Gasteiger partial charge < -0.3 is 0 Å². The van der Waals surface area contributed by atoms with Crippen molar-refractivity contribution in [3.63, 3.8) is 0 Å². The minimum Gasteiger partial charge on any atom is -0.225 e. The lowest BCUT2D eigenvalue weighted by Gasteiger charge is -1.99. The maximum absolute atomic E-state index is 12.7. The van der Waals surface area contributed by atoms with Crippen LogP contribution in [0.25, 0.3) is 0 Å². The topological polar surface area (TPSA) is 12.9 Å². The van der Waals surface area contributed by atoms with E-state index in [2.05, 4.69) is 20.9 Å². The zero-order chi connectivity index (χ0) is 7.72. The van der Waals surface area contributed by atoms with Crippen molar-refractivity contribution < 1.29 is 4.39 Å². The summed E-state index contributed by atoms with van der Waals surface area (Å²) in [6.45, 7) is 3.44. The summed E-state index contributed by atoms with van der Waals surface area (Å²) in [5.74, 6) is -0.396. The van der Waals surface area contributed by atoms with E-state index in [0.717, 1.165) is 4.47 Å². The van der Waals surface area contributed by atoms with Gasteiger partial charge in [0, 0.05) is 15.7 Å². The molecular weight excluding hydrogens is 197 g/mol. The van der Waals surface area contributed by atoms with E-state index in [9.17, 15) is 4.39 Å². The van der Waals surface area contributed by atoms with Crippen LogP contribution in [0, 0.1) is 19.8 Å². The Morgan fingerprint density at radius 1 is 1.50 bits per heavy atom. The van der Waals surface area contributed by atoms with E-state index < -0.39 is 5.95 Å². The first-order valence-corrected chi connectivity index (χ1v) is 3.70. The second-order valence-electron chi connectivity index (χ2n) is 2.16. The van der Waals surface area contributed by atoms with Crippen LogP contribution in [-0.2, 0) is 0 Å². The molecule has 1 nitrogen and oxygen atoms in total. The van der Waals surface area contributed by atoms with Gasteiger partial charge in [0.15, 0.2) is 0 Å². The molecule has 0 radical (unpaired) electrons. The summed E-state index contributed by atoms with van der Waals surface area (Å²) < 4.78 is 13.5. The molecule has 0 aliphatic carbocycles. The Balaban J connectivity index is 3.31. The maximum atomic E-state index is 12.7. The van der Waals surface area contributed by atoms with Gasteiger partial charge in [-0.15, -0.1) is 0 Å². The summed E-state index contributed by atoms with van der Waals surface area (Å²) in [5.41, 5.74) is 1.25. The number of aromatic nitrogens is 1. The van der Waals surface area contributed by atoms with Crippen molar-refractivity contribution >= 4 is 15.9 Å². The Labute approximate surface area is 67.4 Å². The van der Waals surface area contributed by atoms with Crippen LogP contribution in [0.1, 0.15) is 11.3 Å². The summed E-state index contributed by atoms with van der Waals surface area (Å²) in [6, 6.07) is 1.79. The van der Waals surface area contributed by atoms with Crippen molar-refractivity contribution in [2.75, 3.05) is 0 Å². The first kappa shape index (κ1) is 7.66. The predicted molar refractivity (Wildman–Crippen MR) is 41.4 cm³/mol. The van der Waals surface area contributed by atoms with Gasteiger partial charge in [0.1, 0.15) is 0 Å². The lowest BCUT2D eigenvalue weighted by molar-refractivity contribution is 0.569. The summed E-state index contributed by atoms with van der Waals surface area (Å²) >= 11 is 3.22. The minimum atomic E-state index is -0.396. The average Bonchev–Trinajstić information content (AvgIpc) is 1.82. The van der Waals surface area contributed by atoms with Gasteiger partial charge in [-0.05, 0) is 19.9 Å². The molecule has 0 N–H and O–H groups in total. The smallest absolute Gasteiger partial charge is 0.217 e. The summed E-state index contributed by atoms with van der Waals surface area (Å²) in [5, 5.41) is 0. The van der Waals surface area contributed by atoms with Crippen molar-refractivity contribution in [1.29, 1.82) is 0 Å². The van der Waals surface area contributed by atoms with Crippen LogP contribution in [0.2, 0.25) is 0 Å². The first-order chi connectivity index (χ1) is 4.61. The molecule has 54 valence electrons. The number of aryl methyl sites for hydroxylation is 1. The van der Waals surface area contributed by atoms with Crippen LogP contribution < -0.4 is 0 Å². The number of pyridine rings is 1. The molecule has 10 heavy (non-hydrogen) atoms. The van der Waals surface area contributed by atoms with Crippen molar-refractivity contribution in [2.45, 2.75) is 13.8 Å². The van der Waals surface area contributed by atoms with E-state index >= 15 is 0 Å². The number of hydrogen-bond donors (Lipinski definition) is 0. The highest BCUT2D eigenvalue weighted by atomic mass is 79.9. The normalized spacial score (nSPS) is 10.0. The Bertz CT molecular complexity index is 237. The fourth-order valence-electron chi connectivity index (χ4n) is 0.661. The molecule has 0 aliphatic rings. The third kappa shape index (κ3) is 1.34. The molecular formula is C7H7BrFN. The van der Waals surface area contributed by atoms with E-state index in [-0.39, 0.29) is 0 Å². The molecule has 0 saturated carbocycles. The zero-order valence-corrected chi connectivity index (χ0v) is 7.37. The van der Waals surface area contributed by atoms with Gasteiger partial charge in [0.2, 0.25) is 5.95 Å². The zero-order valence-electron chi connectivity index (χ0n) is 5.78. The molecule has 1 rings (SSSR count). The van der Waals surface area contributed by atoms with Crippen LogP contribution in [-0.4, -0.2) is 4.98 Å². The van der Waals surface area contributed by atoms with Crippen molar-refractivity contribution in [2.24, 2.45) is 0 Å². The second kappa shape index (κ2) is 2.66. The average molecular weight is 204 g/mol. The van der Waals surface area contributed by atoms with E-state index in [1.165, 1.54) is 0 Å². The molecule has 0 aliphatic heterocycles. The number of hydrogen-bond acceptors (Lipinski definition) is 1. The van der Waals surface area contributed by atoms with Gasteiger partial charge >= 0.3 is 0 Å². The standard InChI is InChI=1S/C7H7BrFN/c1-4-3-6(8)5(2)7(9)10-4/h3H,1-2H3. The highest BCUT2D eigenvalue weighted by Gasteiger charge is 2.02. The van der Waals surface area contributed by atoms with E-state index in [1.807, 2.05) is 0 Å². The molecule has 0 fully saturated rings. The quantitative estimate of drug-likeness (QED) is 0.592. The van der Waals surface area contributed by atoms with Crippen LogP contribution in [0.4, 0.5) is 4.39 Å². The second-order valence-corrected chi connectivity index (χ2v) is 3.02. The Kier molecular flexibility index (Phi) is 2.04. The van der Waals surface area contributed by atoms with Gasteiger partial charge in [-0.25, -0.2) is 4.98 Å². The molecule has 0 spiro atoms.